The Hall–Kier alpha value is -2.48. The maximum Gasteiger partial charge on any atom is 0.363 e. The smallest absolute Gasteiger partial charge is 0.325 e. The molecule has 1 aromatic rings. The van der Waals surface area contributed by atoms with E-state index in [4.69, 9.17) is 4.84 Å². The lowest BCUT2D eigenvalue weighted by atomic mass is 10.2. The molecule has 1 aliphatic rings. The number of hydrogen-bond acceptors (Lipinski definition) is 5. The van der Waals surface area contributed by atoms with Gasteiger partial charge in [-0.1, -0.05) is 6.58 Å². The molecule has 8 heteroatoms. The van der Waals surface area contributed by atoms with E-state index in [1.807, 2.05) is 0 Å². The van der Waals surface area contributed by atoms with Crippen molar-refractivity contribution in [2.75, 3.05) is 11.4 Å². The minimum atomic E-state index is -1.37. The van der Waals surface area contributed by atoms with Crippen molar-refractivity contribution >= 4 is 34.5 Å². The van der Waals surface area contributed by atoms with Gasteiger partial charge in [-0.15, -0.1) is 5.06 Å². The van der Waals surface area contributed by atoms with Gasteiger partial charge < -0.3 is 4.84 Å². The maximum atomic E-state index is 11.9. The summed E-state index contributed by atoms with van der Waals surface area (Å²) in [5.74, 6) is -1.87. The van der Waals surface area contributed by atoms with Gasteiger partial charge in [0, 0.05) is 31.0 Å². The van der Waals surface area contributed by atoms with E-state index >= 15 is 0 Å². The van der Waals surface area contributed by atoms with Crippen molar-refractivity contribution in [1.82, 2.24) is 5.06 Å². The first-order valence-corrected chi connectivity index (χ1v) is 7.56. The molecule has 1 atom stereocenters. The fourth-order valence-corrected chi connectivity index (χ4v) is 2.37. The van der Waals surface area contributed by atoms with Gasteiger partial charge in [-0.05, 0) is 24.3 Å². The Balaban J connectivity index is 2.08. The summed E-state index contributed by atoms with van der Waals surface area (Å²) in [4.78, 5) is 39.5. The van der Waals surface area contributed by atoms with Crippen molar-refractivity contribution in [2.45, 2.75) is 12.8 Å². The lowest BCUT2D eigenvalue weighted by Gasteiger charge is -2.16. The Labute approximate surface area is 129 Å². The van der Waals surface area contributed by atoms with Crippen molar-refractivity contribution in [3.63, 3.8) is 0 Å². The second-order valence-electron chi connectivity index (χ2n) is 4.45. The number of anilines is 1. The van der Waals surface area contributed by atoms with Crippen molar-refractivity contribution in [3.8, 4) is 0 Å². The van der Waals surface area contributed by atoms with Crippen LogP contribution in [-0.4, -0.2) is 34.1 Å². The molecule has 7 nitrogen and oxygen atoms in total. The van der Waals surface area contributed by atoms with E-state index in [0.29, 0.717) is 10.8 Å². The third-order valence-electron chi connectivity index (χ3n) is 3.06. The van der Waals surface area contributed by atoms with E-state index in [9.17, 15) is 18.6 Å². The number of imide groups is 1. The van der Waals surface area contributed by atoms with Crippen LogP contribution in [0.25, 0.3) is 0 Å². The molecular formula is C14H14N2O5S. The van der Waals surface area contributed by atoms with Gasteiger partial charge >= 0.3 is 5.97 Å². The first kappa shape index (κ1) is 15.9. The molecule has 1 aromatic carbocycles. The molecular weight excluding hydrogens is 308 g/mol. The Morgan fingerprint density at radius 3 is 2.32 bits per heavy atom. The standard InChI is InChI=1S/C14H14N2O5S/c1-3-22(20)15(2)11-6-4-10(5-7-11)14(19)21-16-12(17)8-9-13(16)18/h3-7H,1,8-9H2,2H3. The lowest BCUT2D eigenvalue weighted by Crippen LogP contribution is -2.32. The Morgan fingerprint density at radius 2 is 1.82 bits per heavy atom. The van der Waals surface area contributed by atoms with Gasteiger partial charge in [0.2, 0.25) is 0 Å². The number of carbonyl (C=O) groups excluding carboxylic acids is 3. The quantitative estimate of drug-likeness (QED) is 0.759. The van der Waals surface area contributed by atoms with E-state index < -0.39 is 28.8 Å². The monoisotopic (exact) mass is 322 g/mol. The van der Waals surface area contributed by atoms with Gasteiger partial charge in [-0.25, -0.2) is 9.00 Å². The van der Waals surface area contributed by atoms with Crippen LogP contribution in [0.5, 0.6) is 0 Å². The van der Waals surface area contributed by atoms with E-state index in [-0.39, 0.29) is 18.4 Å². The highest BCUT2D eigenvalue weighted by Gasteiger charge is 2.33. The fourth-order valence-electron chi connectivity index (χ4n) is 1.82. The molecule has 0 bridgehead atoms. The third-order valence-corrected chi connectivity index (χ3v) is 4.09. The summed E-state index contributed by atoms with van der Waals surface area (Å²) in [6.07, 6.45) is 0.0897. The maximum absolute atomic E-state index is 11.9. The number of rotatable bonds is 5. The van der Waals surface area contributed by atoms with Crippen molar-refractivity contribution < 1.29 is 23.4 Å². The number of amides is 2. The number of benzene rings is 1. The average Bonchev–Trinajstić information content (AvgIpc) is 2.85. The molecule has 1 fully saturated rings. The molecule has 116 valence electrons. The molecule has 22 heavy (non-hydrogen) atoms. The molecule has 0 aliphatic carbocycles. The zero-order valence-electron chi connectivity index (χ0n) is 11.9. The van der Waals surface area contributed by atoms with Gasteiger partial charge in [0.25, 0.3) is 11.8 Å². The minimum absolute atomic E-state index is 0.0449. The van der Waals surface area contributed by atoms with Crippen LogP contribution >= 0.6 is 0 Å². The summed E-state index contributed by atoms with van der Waals surface area (Å²) in [7, 11) is 0.248. The van der Waals surface area contributed by atoms with Crippen LogP contribution in [0.3, 0.4) is 0 Å². The van der Waals surface area contributed by atoms with E-state index in [0.717, 1.165) is 0 Å². The average molecular weight is 322 g/mol. The fraction of sp³-hybridized carbons (Fsp3) is 0.214. The minimum Gasteiger partial charge on any atom is -0.325 e. The number of hydrogen-bond donors (Lipinski definition) is 0. The topological polar surface area (TPSA) is 84.0 Å². The van der Waals surface area contributed by atoms with Crippen molar-refractivity contribution in [2.24, 2.45) is 0 Å². The van der Waals surface area contributed by atoms with Gasteiger partial charge in [-0.2, -0.15) is 0 Å². The summed E-state index contributed by atoms with van der Waals surface area (Å²) in [6.45, 7) is 3.44. The summed E-state index contributed by atoms with van der Waals surface area (Å²) in [5, 5.41) is 1.78. The van der Waals surface area contributed by atoms with Crippen LogP contribution in [0.4, 0.5) is 5.69 Å². The van der Waals surface area contributed by atoms with E-state index in [2.05, 4.69) is 6.58 Å². The predicted octanol–water partition coefficient (Wildman–Crippen LogP) is 1.15. The Kier molecular flexibility index (Phi) is 4.71. The molecule has 1 aliphatic heterocycles. The van der Waals surface area contributed by atoms with Gasteiger partial charge in [-0.3, -0.25) is 13.9 Å². The molecule has 1 heterocycles. The number of hydroxylamine groups is 2. The lowest BCUT2D eigenvalue weighted by molar-refractivity contribution is -0.172. The summed E-state index contributed by atoms with van der Waals surface area (Å²) >= 11 is 0. The largest absolute Gasteiger partial charge is 0.363 e. The van der Waals surface area contributed by atoms with Gasteiger partial charge in [0.15, 0.2) is 0 Å². The van der Waals surface area contributed by atoms with Crippen LogP contribution in [0.1, 0.15) is 23.2 Å². The normalized spacial score (nSPS) is 15.6. The Morgan fingerprint density at radius 1 is 1.27 bits per heavy atom. The van der Waals surface area contributed by atoms with Crippen molar-refractivity contribution in [1.29, 1.82) is 0 Å². The van der Waals surface area contributed by atoms with Crippen LogP contribution in [0.15, 0.2) is 36.3 Å². The second kappa shape index (κ2) is 6.52. The molecule has 0 spiro atoms. The van der Waals surface area contributed by atoms with Gasteiger partial charge in [0.1, 0.15) is 11.0 Å². The highest BCUT2D eigenvalue weighted by Crippen LogP contribution is 2.18. The molecule has 0 saturated carbocycles. The Bertz CT molecular complexity index is 640. The summed E-state index contributed by atoms with van der Waals surface area (Å²) in [6, 6.07) is 6.07. The molecule has 0 aromatic heterocycles. The zero-order valence-corrected chi connectivity index (χ0v) is 12.7. The van der Waals surface area contributed by atoms with E-state index in [1.165, 1.54) is 21.8 Å². The number of carbonyl (C=O) groups is 3. The molecule has 0 N–H and O–H groups in total. The molecule has 2 rings (SSSR count). The molecule has 1 saturated heterocycles. The third kappa shape index (κ3) is 3.22. The summed E-state index contributed by atoms with van der Waals surface area (Å²) in [5.41, 5.74) is 0.789. The number of nitrogens with zero attached hydrogens (tertiary/aromatic N) is 2. The first-order chi connectivity index (χ1) is 10.4. The highest BCUT2D eigenvalue weighted by molar-refractivity contribution is 7.89. The molecule has 1 unspecified atom stereocenters. The van der Waals surface area contributed by atoms with Crippen LogP contribution in [0, 0.1) is 0 Å². The molecule has 2 amide bonds. The van der Waals surface area contributed by atoms with Crippen molar-refractivity contribution in [3.05, 3.63) is 41.8 Å². The predicted molar refractivity (Wildman–Crippen MR) is 79.7 cm³/mol. The van der Waals surface area contributed by atoms with E-state index in [1.54, 1.807) is 19.2 Å². The molecule has 0 radical (unpaired) electrons. The highest BCUT2D eigenvalue weighted by atomic mass is 32.2. The SMILES string of the molecule is C=CS(=O)N(C)c1ccc(C(=O)ON2C(=O)CCC2=O)cc1. The van der Waals surface area contributed by atoms with Crippen LogP contribution < -0.4 is 4.31 Å². The van der Waals surface area contributed by atoms with Crippen LogP contribution in [-0.2, 0) is 25.4 Å². The zero-order chi connectivity index (χ0) is 16.3. The van der Waals surface area contributed by atoms with Crippen LogP contribution in [0.2, 0.25) is 0 Å². The summed E-state index contributed by atoms with van der Waals surface area (Å²) < 4.78 is 13.0. The first-order valence-electron chi connectivity index (χ1n) is 6.39. The second-order valence-corrected chi connectivity index (χ2v) is 5.88. The van der Waals surface area contributed by atoms with Gasteiger partial charge in [0.05, 0.1) is 5.56 Å².